The first kappa shape index (κ1) is 82.3. The number of ether oxygens (including phenoxy) is 4. The van der Waals surface area contributed by atoms with Crippen LogP contribution in [0.2, 0.25) is 0 Å². The second kappa shape index (κ2) is 67.2. The Morgan fingerprint density at radius 1 is 0.310 bits per heavy atom. The summed E-state index contributed by atoms with van der Waals surface area (Å²) in [4.78, 5) is 37.6. The van der Waals surface area contributed by atoms with E-state index in [9.17, 15) is 19.5 Å². The number of carbonyl (C=O) groups excluding carboxylic acids is 2. The van der Waals surface area contributed by atoms with E-state index in [0.29, 0.717) is 17.4 Å². The number of carbonyl (C=O) groups is 3. The van der Waals surface area contributed by atoms with Crippen molar-refractivity contribution in [3.05, 3.63) is 0 Å². The summed E-state index contributed by atoms with van der Waals surface area (Å²) in [6.45, 7) is 4.97. The number of carboxylic acids is 1. The van der Waals surface area contributed by atoms with Crippen LogP contribution in [0.4, 0.5) is 0 Å². The van der Waals surface area contributed by atoms with Crippen molar-refractivity contribution in [2.75, 3.05) is 47.5 Å². The summed E-state index contributed by atoms with van der Waals surface area (Å²) in [5.74, 6) is -1.97. The molecule has 84 heavy (non-hydrogen) atoms. The van der Waals surface area contributed by atoms with E-state index < -0.39 is 18.4 Å². The lowest BCUT2D eigenvalue weighted by atomic mass is 10.0. The third kappa shape index (κ3) is 67.8. The van der Waals surface area contributed by atoms with E-state index in [0.717, 1.165) is 38.5 Å². The predicted octanol–water partition coefficient (Wildman–Crippen LogP) is 23.4. The normalized spacial score (nSPS) is 12.5. The first-order valence-electron chi connectivity index (χ1n) is 37.7. The van der Waals surface area contributed by atoms with Crippen molar-refractivity contribution in [2.45, 2.75) is 418 Å². The molecule has 0 rings (SSSR count). The molecule has 0 saturated heterocycles. The molecule has 0 aliphatic carbocycles. The number of nitrogens with zero attached hydrogens (tertiary/aromatic N) is 1. The second-order valence-corrected chi connectivity index (χ2v) is 27.3. The maximum atomic E-state index is 12.9. The summed E-state index contributed by atoms with van der Waals surface area (Å²) < 4.78 is 23.0. The molecule has 500 valence electrons. The summed E-state index contributed by atoms with van der Waals surface area (Å²) in [7, 11) is 6.00. The van der Waals surface area contributed by atoms with E-state index in [2.05, 4.69) is 13.8 Å². The smallest absolute Gasteiger partial charge is 0.361 e. The zero-order valence-electron chi connectivity index (χ0n) is 57.4. The highest BCUT2D eigenvalue weighted by Crippen LogP contribution is 2.20. The summed E-state index contributed by atoms with van der Waals surface area (Å²) in [6, 6.07) is 0. The zero-order chi connectivity index (χ0) is 61.2. The first-order valence-corrected chi connectivity index (χ1v) is 37.7. The lowest BCUT2D eigenvalue weighted by Crippen LogP contribution is -2.40. The van der Waals surface area contributed by atoms with Gasteiger partial charge in [-0.3, -0.25) is 9.59 Å². The number of hydrogen-bond donors (Lipinski definition) is 1. The molecule has 9 nitrogen and oxygen atoms in total. The highest BCUT2D eigenvalue weighted by atomic mass is 16.7. The Kier molecular flexibility index (Phi) is 65.9. The Balaban J connectivity index is 3.87. The summed E-state index contributed by atoms with van der Waals surface area (Å²) >= 11 is 0. The van der Waals surface area contributed by atoms with Gasteiger partial charge in [0.2, 0.25) is 0 Å². The van der Waals surface area contributed by atoms with Gasteiger partial charge in [-0.2, -0.15) is 0 Å². The average molecular weight is 1190 g/mol. The molecule has 0 fully saturated rings. The minimum Gasteiger partial charge on any atom is -0.477 e. The van der Waals surface area contributed by atoms with Crippen LogP contribution >= 0.6 is 0 Å². The average Bonchev–Trinajstić information content (AvgIpc) is 3.52. The van der Waals surface area contributed by atoms with Crippen molar-refractivity contribution in [1.29, 1.82) is 0 Å². The predicted molar refractivity (Wildman–Crippen MR) is 360 cm³/mol. The van der Waals surface area contributed by atoms with Crippen LogP contribution in [0.3, 0.4) is 0 Å². The van der Waals surface area contributed by atoms with Crippen molar-refractivity contribution < 1.29 is 42.9 Å². The number of unbranched alkanes of at least 4 members (excludes halogenated alkanes) is 57. The van der Waals surface area contributed by atoms with E-state index in [1.165, 1.54) is 340 Å². The Morgan fingerprint density at radius 3 is 0.762 bits per heavy atom. The van der Waals surface area contributed by atoms with Gasteiger partial charge in [-0.05, 0) is 12.8 Å². The van der Waals surface area contributed by atoms with E-state index in [-0.39, 0.29) is 38.2 Å². The Bertz CT molecular complexity index is 1340. The van der Waals surface area contributed by atoms with Gasteiger partial charge in [0.15, 0.2) is 6.10 Å². The molecule has 0 saturated carbocycles. The Hall–Kier alpha value is -1.71. The number of rotatable bonds is 72. The number of likely N-dealkylation sites (N-methyl/N-ethyl adjacent to an activating group) is 1. The third-order valence-electron chi connectivity index (χ3n) is 17.6. The lowest BCUT2D eigenvalue weighted by molar-refractivity contribution is -0.870. The maximum absolute atomic E-state index is 12.9. The topological polar surface area (TPSA) is 108 Å². The van der Waals surface area contributed by atoms with Gasteiger partial charge in [-0.1, -0.05) is 380 Å². The number of aliphatic carboxylic acids is 1. The van der Waals surface area contributed by atoms with Crippen LogP contribution in [0.1, 0.15) is 406 Å². The van der Waals surface area contributed by atoms with Crippen LogP contribution < -0.4 is 0 Å². The summed E-state index contributed by atoms with van der Waals surface area (Å²) in [5, 5.41) is 9.74. The van der Waals surface area contributed by atoms with Crippen molar-refractivity contribution in [3.63, 3.8) is 0 Å². The maximum Gasteiger partial charge on any atom is 0.361 e. The monoisotopic (exact) mass is 1190 g/mol. The van der Waals surface area contributed by atoms with Gasteiger partial charge in [0, 0.05) is 12.8 Å². The molecule has 0 aliphatic heterocycles. The van der Waals surface area contributed by atoms with E-state index in [1.54, 1.807) is 0 Å². The van der Waals surface area contributed by atoms with Gasteiger partial charge in [-0.15, -0.1) is 0 Å². The second-order valence-electron chi connectivity index (χ2n) is 27.3. The largest absolute Gasteiger partial charge is 0.477 e. The molecule has 0 aliphatic rings. The van der Waals surface area contributed by atoms with E-state index in [1.807, 2.05) is 21.1 Å². The molecule has 0 spiro atoms. The fourth-order valence-electron chi connectivity index (χ4n) is 11.8. The minimum absolute atomic E-state index is 0.172. The molecule has 0 radical (unpaired) electrons. The molecule has 0 bridgehead atoms. The zero-order valence-corrected chi connectivity index (χ0v) is 57.4. The van der Waals surface area contributed by atoms with E-state index in [4.69, 9.17) is 18.9 Å². The van der Waals surface area contributed by atoms with Gasteiger partial charge in [0.25, 0.3) is 6.29 Å². The number of quaternary nitrogens is 1. The molecule has 0 heterocycles. The van der Waals surface area contributed by atoms with Gasteiger partial charge in [0.05, 0.1) is 34.4 Å². The number of hydrogen-bond acceptors (Lipinski definition) is 7. The minimum atomic E-state index is -1.50. The van der Waals surface area contributed by atoms with Crippen molar-refractivity contribution in [1.82, 2.24) is 0 Å². The van der Waals surface area contributed by atoms with Gasteiger partial charge >= 0.3 is 17.9 Å². The number of esters is 2. The fraction of sp³-hybridized carbons (Fsp3) is 0.960. The van der Waals surface area contributed by atoms with Crippen LogP contribution in [0.25, 0.3) is 0 Å². The van der Waals surface area contributed by atoms with Crippen molar-refractivity contribution in [2.24, 2.45) is 0 Å². The lowest BCUT2D eigenvalue weighted by Gasteiger charge is -2.25. The molecule has 2 atom stereocenters. The van der Waals surface area contributed by atoms with Crippen LogP contribution in [0.15, 0.2) is 0 Å². The third-order valence-corrected chi connectivity index (χ3v) is 17.6. The standard InChI is InChI=1S/C75H147NO8/c1-6-8-10-12-14-16-18-20-22-24-26-27-28-29-30-31-32-33-34-35-36-37-38-39-40-41-42-43-44-45-46-47-48-50-52-54-56-58-60-62-64-66-73(78)84-71(70-83-75(74(79)80)81-68-67-76(3,4)5)69-82-72(77)65-63-61-59-57-55-53-51-49-25-23-21-19-17-15-13-11-9-7-2/h71,75H,6-70H2,1-5H3/p+1. The van der Waals surface area contributed by atoms with Crippen molar-refractivity contribution in [3.8, 4) is 0 Å². The molecule has 0 aromatic heterocycles. The quantitative estimate of drug-likeness (QED) is 0.0278. The van der Waals surface area contributed by atoms with Crippen LogP contribution in [-0.2, 0) is 33.3 Å². The van der Waals surface area contributed by atoms with Gasteiger partial charge < -0.3 is 28.5 Å². The van der Waals surface area contributed by atoms with Crippen LogP contribution in [-0.4, -0.2) is 87.4 Å². The Morgan fingerprint density at radius 2 is 0.536 bits per heavy atom. The highest BCUT2D eigenvalue weighted by molar-refractivity contribution is 5.71. The molecule has 0 amide bonds. The Labute approximate surface area is 523 Å². The summed E-state index contributed by atoms with van der Waals surface area (Å²) in [5.41, 5.74) is 0. The molecular weight excluding hydrogens is 1040 g/mol. The first-order chi connectivity index (χ1) is 41.1. The molecular formula is C75H148NO8+. The highest BCUT2D eigenvalue weighted by Gasteiger charge is 2.25. The molecule has 9 heteroatoms. The molecule has 0 aromatic rings. The van der Waals surface area contributed by atoms with Crippen LogP contribution in [0, 0.1) is 0 Å². The fourth-order valence-corrected chi connectivity index (χ4v) is 11.8. The SMILES string of the molecule is CCCCCCCCCCCCCCCCCCCCCCCCCCCCCCCCCCCCCCCCCCCC(=O)OC(COC(=O)CCCCCCCCCCCCCCCCCCCC)COC(OCC[N+](C)(C)C)C(=O)O. The van der Waals surface area contributed by atoms with Gasteiger partial charge in [0.1, 0.15) is 13.2 Å². The molecule has 1 N–H and O–H groups in total. The summed E-state index contributed by atoms with van der Waals surface area (Å²) in [6.07, 6.45) is 78.4. The molecule has 0 aromatic carbocycles. The van der Waals surface area contributed by atoms with E-state index >= 15 is 0 Å². The van der Waals surface area contributed by atoms with Gasteiger partial charge in [-0.25, -0.2) is 4.79 Å². The van der Waals surface area contributed by atoms with Crippen molar-refractivity contribution >= 4 is 17.9 Å². The molecule has 2 unspecified atom stereocenters. The number of carboxylic acid groups (broad SMARTS) is 1. The van der Waals surface area contributed by atoms with Crippen LogP contribution in [0.5, 0.6) is 0 Å².